The molecule has 0 atom stereocenters. The van der Waals surface area contributed by atoms with E-state index in [1.807, 2.05) is 0 Å². The zero-order valence-electron chi connectivity index (χ0n) is 14.7. The third-order valence-corrected chi connectivity index (χ3v) is 4.27. The number of halogens is 1. The SMILES string of the molecule is CN=C(NCc1ccc(O)c(F)c1)NC1CCN(CC(=O)NC)CC1. The lowest BCUT2D eigenvalue weighted by Gasteiger charge is -2.32. The first-order chi connectivity index (χ1) is 12.0. The van der Waals surface area contributed by atoms with Gasteiger partial charge in [0.05, 0.1) is 6.54 Å². The number of phenolic OH excluding ortho intramolecular Hbond substituents is 1. The molecule has 4 N–H and O–H groups in total. The van der Waals surface area contributed by atoms with Gasteiger partial charge in [-0.25, -0.2) is 4.39 Å². The van der Waals surface area contributed by atoms with Crippen LogP contribution in [0.2, 0.25) is 0 Å². The minimum atomic E-state index is -0.634. The van der Waals surface area contributed by atoms with Gasteiger partial charge in [-0.15, -0.1) is 0 Å². The molecule has 1 aromatic carbocycles. The second-order valence-corrected chi connectivity index (χ2v) is 6.08. The number of amides is 1. The molecule has 25 heavy (non-hydrogen) atoms. The number of rotatable bonds is 5. The maximum absolute atomic E-state index is 13.4. The van der Waals surface area contributed by atoms with Crippen LogP contribution >= 0.6 is 0 Å². The Morgan fingerprint density at radius 2 is 2.12 bits per heavy atom. The lowest BCUT2D eigenvalue weighted by molar-refractivity contribution is -0.122. The van der Waals surface area contributed by atoms with Crippen molar-refractivity contribution in [1.29, 1.82) is 0 Å². The topological polar surface area (TPSA) is 89.0 Å². The summed E-state index contributed by atoms with van der Waals surface area (Å²) < 4.78 is 13.4. The van der Waals surface area contributed by atoms with Crippen molar-refractivity contribution >= 4 is 11.9 Å². The summed E-state index contributed by atoms with van der Waals surface area (Å²) in [5.74, 6) is -0.302. The summed E-state index contributed by atoms with van der Waals surface area (Å²) in [6.07, 6.45) is 1.84. The molecule has 1 aromatic rings. The summed E-state index contributed by atoms with van der Waals surface area (Å²) in [7, 11) is 3.33. The van der Waals surface area contributed by atoms with Crippen LogP contribution in [0.25, 0.3) is 0 Å². The summed E-state index contributed by atoms with van der Waals surface area (Å²) in [5.41, 5.74) is 0.721. The van der Waals surface area contributed by atoms with Gasteiger partial charge in [0.2, 0.25) is 5.91 Å². The molecule has 1 aliphatic rings. The smallest absolute Gasteiger partial charge is 0.233 e. The molecule has 0 bridgehead atoms. The highest BCUT2D eigenvalue weighted by Gasteiger charge is 2.21. The third-order valence-electron chi connectivity index (χ3n) is 4.27. The summed E-state index contributed by atoms with van der Waals surface area (Å²) in [4.78, 5) is 17.7. The number of piperidine rings is 1. The van der Waals surface area contributed by atoms with E-state index >= 15 is 0 Å². The molecule has 1 fully saturated rings. The second-order valence-electron chi connectivity index (χ2n) is 6.08. The first kappa shape index (κ1) is 19.0. The number of carbonyl (C=O) groups is 1. The molecule has 0 unspecified atom stereocenters. The van der Waals surface area contributed by atoms with Crippen LogP contribution < -0.4 is 16.0 Å². The van der Waals surface area contributed by atoms with Gasteiger partial charge in [0.1, 0.15) is 0 Å². The summed E-state index contributed by atoms with van der Waals surface area (Å²) in [6.45, 7) is 2.55. The van der Waals surface area contributed by atoms with Crippen LogP contribution in [0, 0.1) is 5.82 Å². The number of likely N-dealkylation sites (tertiary alicyclic amines) is 1. The zero-order chi connectivity index (χ0) is 18.2. The first-order valence-electron chi connectivity index (χ1n) is 8.39. The molecular formula is C17H26FN5O2. The van der Waals surface area contributed by atoms with Crippen LogP contribution in [-0.2, 0) is 11.3 Å². The van der Waals surface area contributed by atoms with Crippen LogP contribution in [-0.4, -0.2) is 61.6 Å². The lowest BCUT2D eigenvalue weighted by atomic mass is 10.1. The van der Waals surface area contributed by atoms with E-state index in [0.717, 1.165) is 31.5 Å². The number of carbonyl (C=O) groups excluding carboxylic acids is 1. The van der Waals surface area contributed by atoms with Crippen molar-refractivity contribution in [3.05, 3.63) is 29.6 Å². The number of hydrogen-bond donors (Lipinski definition) is 4. The Morgan fingerprint density at radius 1 is 1.40 bits per heavy atom. The van der Waals surface area contributed by atoms with Gasteiger partial charge in [-0.1, -0.05) is 6.07 Å². The van der Waals surface area contributed by atoms with Gasteiger partial charge in [0.15, 0.2) is 17.5 Å². The largest absolute Gasteiger partial charge is 0.505 e. The monoisotopic (exact) mass is 351 g/mol. The van der Waals surface area contributed by atoms with Crippen molar-refractivity contribution in [2.45, 2.75) is 25.4 Å². The molecule has 7 nitrogen and oxygen atoms in total. The number of benzene rings is 1. The number of nitrogens with zero attached hydrogens (tertiary/aromatic N) is 2. The van der Waals surface area contributed by atoms with Crippen molar-refractivity contribution < 1.29 is 14.3 Å². The van der Waals surface area contributed by atoms with Crippen molar-refractivity contribution in [3.63, 3.8) is 0 Å². The van der Waals surface area contributed by atoms with Crippen LogP contribution in [0.1, 0.15) is 18.4 Å². The number of aliphatic imine (C=N–C) groups is 1. The fraction of sp³-hybridized carbons (Fsp3) is 0.529. The fourth-order valence-corrected chi connectivity index (χ4v) is 2.75. The van der Waals surface area contributed by atoms with Gasteiger partial charge in [-0.3, -0.25) is 14.7 Å². The minimum Gasteiger partial charge on any atom is -0.505 e. The van der Waals surface area contributed by atoms with E-state index < -0.39 is 5.82 Å². The summed E-state index contributed by atoms with van der Waals surface area (Å²) in [6, 6.07) is 4.58. The predicted molar refractivity (Wildman–Crippen MR) is 94.9 cm³/mol. The molecule has 1 amide bonds. The molecule has 0 radical (unpaired) electrons. The highest BCUT2D eigenvalue weighted by Crippen LogP contribution is 2.16. The Morgan fingerprint density at radius 3 is 2.72 bits per heavy atom. The van der Waals surface area contributed by atoms with E-state index in [2.05, 4.69) is 25.8 Å². The zero-order valence-corrected chi connectivity index (χ0v) is 14.7. The Hall–Kier alpha value is -2.35. The molecule has 0 spiro atoms. The van der Waals surface area contributed by atoms with Crippen LogP contribution in [0.5, 0.6) is 5.75 Å². The molecule has 1 aliphatic heterocycles. The number of phenols is 1. The Balaban J connectivity index is 1.77. The molecular weight excluding hydrogens is 325 g/mol. The van der Waals surface area contributed by atoms with Gasteiger partial charge in [0.25, 0.3) is 0 Å². The highest BCUT2D eigenvalue weighted by atomic mass is 19.1. The number of hydrogen-bond acceptors (Lipinski definition) is 4. The van der Waals surface area contributed by atoms with E-state index in [9.17, 15) is 14.3 Å². The van der Waals surface area contributed by atoms with Gasteiger partial charge in [-0.2, -0.15) is 0 Å². The summed E-state index contributed by atoms with van der Waals surface area (Å²) in [5, 5.41) is 18.4. The molecule has 138 valence electrons. The van der Waals surface area contributed by atoms with Crippen LogP contribution in [0.4, 0.5) is 4.39 Å². The molecule has 2 rings (SSSR count). The van der Waals surface area contributed by atoms with Crippen LogP contribution in [0.3, 0.4) is 0 Å². The lowest BCUT2D eigenvalue weighted by Crippen LogP contribution is -2.49. The van der Waals surface area contributed by atoms with E-state index in [4.69, 9.17) is 0 Å². The number of nitrogens with one attached hydrogen (secondary N) is 3. The Bertz CT molecular complexity index is 615. The minimum absolute atomic E-state index is 0.0324. The molecule has 1 heterocycles. The number of likely N-dealkylation sites (N-methyl/N-ethyl adjacent to an activating group) is 1. The Kier molecular flexibility index (Phi) is 7.00. The Labute approximate surface area is 147 Å². The number of guanidine groups is 1. The van der Waals surface area contributed by atoms with Gasteiger partial charge < -0.3 is 21.1 Å². The maximum atomic E-state index is 13.4. The normalized spacial score (nSPS) is 16.5. The number of aromatic hydroxyl groups is 1. The van der Waals surface area contributed by atoms with Crippen molar-refractivity contribution in [2.24, 2.45) is 4.99 Å². The van der Waals surface area contributed by atoms with E-state index in [1.165, 1.54) is 12.1 Å². The second kappa shape index (κ2) is 9.22. The molecule has 1 saturated heterocycles. The van der Waals surface area contributed by atoms with Crippen molar-refractivity contribution in [3.8, 4) is 5.75 Å². The average molecular weight is 351 g/mol. The first-order valence-corrected chi connectivity index (χ1v) is 8.39. The molecule has 8 heteroatoms. The van der Waals surface area contributed by atoms with Gasteiger partial charge in [-0.05, 0) is 30.5 Å². The fourth-order valence-electron chi connectivity index (χ4n) is 2.75. The molecule has 0 saturated carbocycles. The van der Waals surface area contributed by atoms with Gasteiger partial charge >= 0.3 is 0 Å². The summed E-state index contributed by atoms with van der Waals surface area (Å²) >= 11 is 0. The van der Waals surface area contributed by atoms with Crippen LogP contribution in [0.15, 0.2) is 23.2 Å². The standard InChI is InChI=1S/C17H26FN5O2/c1-19-16(25)11-23-7-5-13(6-8-23)22-17(20-2)21-10-12-3-4-15(24)14(18)9-12/h3-4,9,13,24H,5-8,10-11H2,1-2H3,(H,19,25)(H2,20,21,22). The average Bonchev–Trinajstić information content (AvgIpc) is 2.62. The van der Waals surface area contributed by atoms with E-state index in [0.29, 0.717) is 19.0 Å². The van der Waals surface area contributed by atoms with E-state index in [1.54, 1.807) is 20.2 Å². The van der Waals surface area contributed by atoms with E-state index in [-0.39, 0.29) is 17.7 Å². The van der Waals surface area contributed by atoms with Crippen molar-refractivity contribution in [1.82, 2.24) is 20.9 Å². The molecule has 0 aromatic heterocycles. The van der Waals surface area contributed by atoms with Crippen molar-refractivity contribution in [2.75, 3.05) is 33.7 Å². The maximum Gasteiger partial charge on any atom is 0.233 e. The predicted octanol–water partition coefficient (Wildman–Crippen LogP) is 0.407. The van der Waals surface area contributed by atoms with Gasteiger partial charge in [0, 0.05) is 39.8 Å². The highest BCUT2D eigenvalue weighted by molar-refractivity contribution is 5.80. The quantitative estimate of drug-likeness (QED) is 0.456. The molecule has 0 aliphatic carbocycles. The third kappa shape index (κ3) is 5.90.